The number of aryl methyl sites for hydroxylation is 1. The summed E-state index contributed by atoms with van der Waals surface area (Å²) in [5, 5.41) is 0.874. The number of rotatable bonds is 2. The summed E-state index contributed by atoms with van der Waals surface area (Å²) in [6.45, 7) is 1.96. The van der Waals surface area contributed by atoms with Crippen LogP contribution in [-0.2, 0) is 0 Å². The lowest BCUT2D eigenvalue weighted by Crippen LogP contribution is -2.10. The quantitative estimate of drug-likeness (QED) is 0.443. The van der Waals surface area contributed by atoms with Gasteiger partial charge in [-0.05, 0) is 31.2 Å². The fourth-order valence-corrected chi connectivity index (χ4v) is 2.08. The minimum absolute atomic E-state index is 0.304. The van der Waals surface area contributed by atoms with Crippen LogP contribution in [0.15, 0.2) is 54.7 Å². The molecule has 0 saturated carbocycles. The van der Waals surface area contributed by atoms with Crippen LogP contribution in [0, 0.1) is 6.92 Å². The molecular formula is C17H14N2O2. The van der Waals surface area contributed by atoms with Crippen molar-refractivity contribution in [3.63, 3.8) is 0 Å². The van der Waals surface area contributed by atoms with Crippen molar-refractivity contribution in [1.82, 2.24) is 4.98 Å². The SMILES string of the molecule is Cc1ccc(C(=O)Oc2c(N)ccc3cccnc23)cc1. The molecule has 0 saturated heterocycles. The van der Waals surface area contributed by atoms with E-state index < -0.39 is 5.97 Å². The Kier molecular flexibility index (Phi) is 3.28. The molecule has 0 atom stereocenters. The molecule has 0 spiro atoms. The fraction of sp³-hybridized carbons (Fsp3) is 0.0588. The Bertz CT molecular complexity index is 811. The second-order valence-corrected chi connectivity index (χ2v) is 4.81. The zero-order valence-electron chi connectivity index (χ0n) is 11.5. The summed E-state index contributed by atoms with van der Waals surface area (Å²) < 4.78 is 5.46. The lowest BCUT2D eigenvalue weighted by molar-refractivity contribution is 0.0738. The number of nitrogen functional groups attached to an aromatic ring is 1. The Labute approximate surface area is 122 Å². The molecule has 4 nitrogen and oxygen atoms in total. The van der Waals surface area contributed by atoms with Gasteiger partial charge >= 0.3 is 5.97 Å². The smallest absolute Gasteiger partial charge is 0.343 e. The zero-order chi connectivity index (χ0) is 14.8. The summed E-state index contributed by atoms with van der Waals surface area (Å²) in [5.41, 5.74) is 8.45. The van der Waals surface area contributed by atoms with Gasteiger partial charge in [-0.15, -0.1) is 0 Å². The molecule has 0 aliphatic carbocycles. The van der Waals surface area contributed by atoms with E-state index in [0.717, 1.165) is 10.9 Å². The van der Waals surface area contributed by atoms with Crippen LogP contribution in [0.25, 0.3) is 10.9 Å². The number of fused-ring (bicyclic) bond motifs is 1. The van der Waals surface area contributed by atoms with Crippen molar-refractivity contribution in [3.05, 3.63) is 65.9 Å². The van der Waals surface area contributed by atoms with Crippen molar-refractivity contribution in [2.75, 3.05) is 5.73 Å². The lowest BCUT2D eigenvalue weighted by Gasteiger charge is -2.10. The van der Waals surface area contributed by atoms with Crippen molar-refractivity contribution in [1.29, 1.82) is 0 Å². The minimum Gasteiger partial charge on any atom is -0.418 e. The third-order valence-corrected chi connectivity index (χ3v) is 3.24. The second-order valence-electron chi connectivity index (χ2n) is 4.81. The molecule has 1 heterocycles. The number of anilines is 1. The minimum atomic E-state index is -0.445. The Morgan fingerprint density at radius 3 is 2.62 bits per heavy atom. The average molecular weight is 278 g/mol. The lowest BCUT2D eigenvalue weighted by atomic mass is 10.1. The molecule has 0 fully saturated rings. The third-order valence-electron chi connectivity index (χ3n) is 3.24. The van der Waals surface area contributed by atoms with E-state index >= 15 is 0 Å². The molecule has 2 aromatic carbocycles. The summed E-state index contributed by atoms with van der Waals surface area (Å²) in [4.78, 5) is 16.5. The van der Waals surface area contributed by atoms with Crippen LogP contribution < -0.4 is 10.5 Å². The van der Waals surface area contributed by atoms with Crippen molar-refractivity contribution >= 4 is 22.6 Å². The number of nitrogens with zero attached hydrogens (tertiary/aromatic N) is 1. The van der Waals surface area contributed by atoms with Gasteiger partial charge in [0.15, 0.2) is 5.75 Å². The van der Waals surface area contributed by atoms with E-state index in [0.29, 0.717) is 22.5 Å². The Balaban J connectivity index is 1.99. The monoisotopic (exact) mass is 278 g/mol. The molecule has 2 N–H and O–H groups in total. The highest BCUT2D eigenvalue weighted by Crippen LogP contribution is 2.30. The van der Waals surface area contributed by atoms with E-state index in [9.17, 15) is 4.79 Å². The Hall–Kier alpha value is -2.88. The van der Waals surface area contributed by atoms with Gasteiger partial charge in [0.1, 0.15) is 5.52 Å². The maximum Gasteiger partial charge on any atom is 0.343 e. The topological polar surface area (TPSA) is 65.2 Å². The Morgan fingerprint density at radius 2 is 1.86 bits per heavy atom. The molecule has 1 aromatic heterocycles. The van der Waals surface area contributed by atoms with Crippen LogP contribution in [0.2, 0.25) is 0 Å². The van der Waals surface area contributed by atoms with E-state index in [1.807, 2.05) is 37.3 Å². The van der Waals surface area contributed by atoms with Gasteiger partial charge < -0.3 is 10.5 Å². The first-order chi connectivity index (χ1) is 10.1. The summed E-state index contributed by atoms with van der Waals surface area (Å²) in [6.07, 6.45) is 1.64. The number of esters is 1. The van der Waals surface area contributed by atoms with Gasteiger partial charge in [-0.1, -0.05) is 29.8 Å². The number of hydrogen-bond acceptors (Lipinski definition) is 4. The van der Waals surface area contributed by atoms with Crippen LogP contribution in [0.4, 0.5) is 5.69 Å². The summed E-state index contributed by atoms with van der Waals surface area (Å²) in [7, 11) is 0. The highest BCUT2D eigenvalue weighted by atomic mass is 16.5. The number of nitrogens with two attached hydrogens (primary N) is 1. The number of carbonyl (C=O) groups is 1. The summed E-state index contributed by atoms with van der Waals surface area (Å²) >= 11 is 0. The molecule has 3 rings (SSSR count). The van der Waals surface area contributed by atoms with Gasteiger partial charge in [-0.3, -0.25) is 4.98 Å². The number of hydrogen-bond donors (Lipinski definition) is 1. The summed E-state index contributed by atoms with van der Waals surface area (Å²) in [5.74, 6) is -0.140. The molecule has 3 aromatic rings. The van der Waals surface area contributed by atoms with Crippen LogP contribution in [0.1, 0.15) is 15.9 Å². The normalized spacial score (nSPS) is 10.5. The molecule has 4 heteroatoms. The molecule has 104 valence electrons. The molecule has 0 unspecified atom stereocenters. The number of aromatic nitrogens is 1. The number of benzene rings is 2. The highest BCUT2D eigenvalue weighted by Gasteiger charge is 2.14. The van der Waals surface area contributed by atoms with E-state index in [-0.39, 0.29) is 0 Å². The first-order valence-electron chi connectivity index (χ1n) is 6.57. The van der Waals surface area contributed by atoms with Gasteiger partial charge in [0.25, 0.3) is 0 Å². The largest absolute Gasteiger partial charge is 0.418 e. The standard InChI is InChI=1S/C17H14N2O2/c1-11-4-6-13(7-5-11)17(20)21-16-14(18)9-8-12-3-2-10-19-15(12)16/h2-10H,18H2,1H3. The predicted octanol–water partition coefficient (Wildman–Crippen LogP) is 3.34. The van der Waals surface area contributed by atoms with Crippen LogP contribution >= 0.6 is 0 Å². The van der Waals surface area contributed by atoms with Gasteiger partial charge in [0.2, 0.25) is 0 Å². The molecule has 0 aliphatic rings. The average Bonchev–Trinajstić information content (AvgIpc) is 2.51. The maximum absolute atomic E-state index is 12.2. The van der Waals surface area contributed by atoms with Crippen molar-refractivity contribution in [3.8, 4) is 5.75 Å². The first-order valence-corrected chi connectivity index (χ1v) is 6.57. The Morgan fingerprint density at radius 1 is 1.10 bits per heavy atom. The molecular weight excluding hydrogens is 264 g/mol. The molecule has 0 radical (unpaired) electrons. The highest BCUT2D eigenvalue weighted by molar-refractivity contribution is 5.96. The maximum atomic E-state index is 12.2. The first kappa shape index (κ1) is 13.1. The van der Waals surface area contributed by atoms with Crippen molar-refractivity contribution in [2.45, 2.75) is 6.92 Å². The van der Waals surface area contributed by atoms with Crippen molar-refractivity contribution in [2.24, 2.45) is 0 Å². The number of ether oxygens (including phenoxy) is 1. The number of carbonyl (C=O) groups excluding carboxylic acids is 1. The van der Waals surface area contributed by atoms with E-state index in [4.69, 9.17) is 10.5 Å². The molecule has 21 heavy (non-hydrogen) atoms. The van der Waals surface area contributed by atoms with Crippen LogP contribution in [-0.4, -0.2) is 11.0 Å². The predicted molar refractivity (Wildman–Crippen MR) is 82.3 cm³/mol. The zero-order valence-corrected chi connectivity index (χ0v) is 11.5. The number of pyridine rings is 1. The second kappa shape index (κ2) is 5.25. The fourth-order valence-electron chi connectivity index (χ4n) is 2.08. The van der Waals surface area contributed by atoms with Gasteiger partial charge in [-0.2, -0.15) is 0 Å². The van der Waals surface area contributed by atoms with E-state index in [2.05, 4.69) is 4.98 Å². The van der Waals surface area contributed by atoms with Gasteiger partial charge in [0, 0.05) is 11.6 Å². The molecule has 0 aliphatic heterocycles. The summed E-state index contributed by atoms with van der Waals surface area (Å²) in [6, 6.07) is 14.5. The molecule has 0 bridgehead atoms. The van der Waals surface area contributed by atoms with E-state index in [1.165, 1.54) is 0 Å². The van der Waals surface area contributed by atoms with Gasteiger partial charge in [0.05, 0.1) is 11.3 Å². The molecule has 0 amide bonds. The van der Waals surface area contributed by atoms with Gasteiger partial charge in [-0.25, -0.2) is 4.79 Å². The van der Waals surface area contributed by atoms with Crippen molar-refractivity contribution < 1.29 is 9.53 Å². The van der Waals surface area contributed by atoms with Crippen LogP contribution in [0.5, 0.6) is 5.75 Å². The van der Waals surface area contributed by atoms with E-state index in [1.54, 1.807) is 24.4 Å². The van der Waals surface area contributed by atoms with Crippen LogP contribution in [0.3, 0.4) is 0 Å². The third kappa shape index (κ3) is 2.56.